The van der Waals surface area contributed by atoms with Crippen molar-refractivity contribution in [3.63, 3.8) is 0 Å². The third-order valence-corrected chi connectivity index (χ3v) is 3.41. The predicted molar refractivity (Wildman–Crippen MR) is 70.6 cm³/mol. The second-order valence-electron chi connectivity index (χ2n) is 3.02. The van der Waals surface area contributed by atoms with Gasteiger partial charge >= 0.3 is 0 Å². The second kappa shape index (κ2) is 7.76. The summed E-state index contributed by atoms with van der Waals surface area (Å²) in [5.74, 6) is 1.88. The lowest BCUT2D eigenvalue weighted by Crippen LogP contribution is -1.97. The van der Waals surface area contributed by atoms with Crippen LogP contribution in [0.25, 0.3) is 0 Å². The average molecular weight is 259 g/mol. The molecule has 0 aromatic carbocycles. The molecule has 1 aromatic heterocycles. The maximum atomic E-state index is 5.01. The van der Waals surface area contributed by atoms with Crippen LogP contribution in [0.15, 0.2) is 16.2 Å². The lowest BCUT2D eigenvalue weighted by molar-refractivity contribution is 0.200. The van der Waals surface area contributed by atoms with Crippen LogP contribution >= 0.6 is 23.5 Å². The van der Waals surface area contributed by atoms with Crippen molar-refractivity contribution in [2.45, 2.75) is 16.6 Å². The van der Waals surface area contributed by atoms with E-state index in [1.165, 1.54) is 0 Å². The molecular formula is C10H17N3OS2. The normalized spacial score (nSPS) is 10.4. The van der Waals surface area contributed by atoms with Gasteiger partial charge in [-0.1, -0.05) is 11.8 Å². The van der Waals surface area contributed by atoms with Gasteiger partial charge in [0.05, 0.1) is 0 Å². The molecule has 6 heteroatoms. The van der Waals surface area contributed by atoms with Crippen LogP contribution in [0.2, 0.25) is 0 Å². The number of aromatic nitrogens is 2. The van der Waals surface area contributed by atoms with Crippen LogP contribution in [0.5, 0.6) is 0 Å². The molecule has 0 bridgehead atoms. The van der Waals surface area contributed by atoms with E-state index in [0.29, 0.717) is 0 Å². The molecule has 1 rings (SSSR count). The molecule has 90 valence electrons. The summed E-state index contributed by atoms with van der Waals surface area (Å²) in [4.78, 5) is 8.75. The summed E-state index contributed by atoms with van der Waals surface area (Å²) < 4.78 is 5.01. The van der Waals surface area contributed by atoms with Gasteiger partial charge in [-0.25, -0.2) is 9.97 Å². The Kier molecular flexibility index (Phi) is 6.59. The monoisotopic (exact) mass is 259 g/mol. The molecule has 1 aromatic rings. The Balaban J connectivity index is 2.57. The molecule has 4 nitrogen and oxygen atoms in total. The Morgan fingerprint density at radius 2 is 2.25 bits per heavy atom. The summed E-state index contributed by atoms with van der Waals surface area (Å²) in [6.07, 6.45) is 3.02. The van der Waals surface area contributed by atoms with Crippen molar-refractivity contribution in [3.05, 3.63) is 6.07 Å². The fourth-order valence-electron chi connectivity index (χ4n) is 1.08. The minimum Gasteiger partial charge on any atom is -0.385 e. The van der Waals surface area contributed by atoms with Gasteiger partial charge in [0.25, 0.3) is 0 Å². The van der Waals surface area contributed by atoms with Crippen LogP contribution in [-0.2, 0) is 4.74 Å². The Labute approximate surface area is 105 Å². The van der Waals surface area contributed by atoms with Gasteiger partial charge < -0.3 is 10.1 Å². The fourth-order valence-corrected chi connectivity index (χ4v) is 2.33. The number of rotatable bonds is 7. The topological polar surface area (TPSA) is 47.0 Å². The van der Waals surface area contributed by atoms with Crippen molar-refractivity contribution in [1.82, 2.24) is 9.97 Å². The molecular weight excluding hydrogens is 242 g/mol. The maximum absolute atomic E-state index is 5.01. The molecule has 16 heavy (non-hydrogen) atoms. The zero-order valence-corrected chi connectivity index (χ0v) is 11.5. The van der Waals surface area contributed by atoms with Crippen LogP contribution in [0.4, 0.5) is 5.82 Å². The summed E-state index contributed by atoms with van der Waals surface area (Å²) in [5.41, 5.74) is 0. The van der Waals surface area contributed by atoms with E-state index in [1.807, 2.05) is 19.4 Å². The third-order valence-electron chi connectivity index (χ3n) is 1.86. The summed E-state index contributed by atoms with van der Waals surface area (Å²) >= 11 is 3.29. The molecule has 0 atom stereocenters. The Morgan fingerprint density at radius 3 is 2.88 bits per heavy atom. The molecule has 1 N–H and O–H groups in total. The zero-order chi connectivity index (χ0) is 11.8. The lowest BCUT2D eigenvalue weighted by Gasteiger charge is -2.05. The Bertz CT molecular complexity index is 301. The van der Waals surface area contributed by atoms with E-state index in [2.05, 4.69) is 15.3 Å². The molecule has 0 radical (unpaired) electrons. The van der Waals surface area contributed by atoms with Crippen LogP contribution in [0, 0.1) is 0 Å². The standard InChI is InChI=1S/C10H17N3OS2/c1-11-8-7-9(13-10(12-8)15-3)16-6-4-5-14-2/h7H,4-6H2,1-3H3,(H,11,12,13). The van der Waals surface area contributed by atoms with E-state index >= 15 is 0 Å². The highest BCUT2D eigenvalue weighted by molar-refractivity contribution is 7.99. The Hall–Kier alpha value is -0.460. The number of thioether (sulfide) groups is 2. The van der Waals surface area contributed by atoms with Gasteiger partial charge in [-0.3, -0.25) is 0 Å². The quantitative estimate of drug-likeness (QED) is 0.351. The lowest BCUT2D eigenvalue weighted by atomic mass is 10.5. The first kappa shape index (κ1) is 13.6. The summed E-state index contributed by atoms with van der Waals surface area (Å²) in [6, 6.07) is 1.97. The van der Waals surface area contributed by atoms with Crippen molar-refractivity contribution >= 4 is 29.3 Å². The van der Waals surface area contributed by atoms with Gasteiger partial charge in [0.2, 0.25) is 0 Å². The number of hydrogen-bond acceptors (Lipinski definition) is 6. The van der Waals surface area contributed by atoms with E-state index in [9.17, 15) is 0 Å². The second-order valence-corrected chi connectivity index (χ2v) is 4.91. The molecule has 1 heterocycles. The first-order valence-electron chi connectivity index (χ1n) is 5.02. The van der Waals surface area contributed by atoms with Crippen molar-refractivity contribution in [3.8, 4) is 0 Å². The summed E-state index contributed by atoms with van der Waals surface area (Å²) in [6.45, 7) is 0.798. The average Bonchev–Trinajstić information content (AvgIpc) is 2.34. The van der Waals surface area contributed by atoms with E-state index in [0.717, 1.165) is 34.8 Å². The van der Waals surface area contributed by atoms with Crippen molar-refractivity contribution in [1.29, 1.82) is 0 Å². The van der Waals surface area contributed by atoms with E-state index in [4.69, 9.17) is 4.74 Å². The molecule has 0 amide bonds. The van der Waals surface area contributed by atoms with E-state index in [1.54, 1.807) is 30.6 Å². The number of ether oxygens (including phenoxy) is 1. The van der Waals surface area contributed by atoms with E-state index in [-0.39, 0.29) is 0 Å². The van der Waals surface area contributed by atoms with Gasteiger partial charge in [0.15, 0.2) is 5.16 Å². The summed E-state index contributed by atoms with van der Waals surface area (Å²) in [7, 11) is 3.59. The van der Waals surface area contributed by atoms with Crippen molar-refractivity contribution in [2.75, 3.05) is 38.1 Å². The van der Waals surface area contributed by atoms with Crippen LogP contribution in [0.3, 0.4) is 0 Å². The number of nitrogens with one attached hydrogen (secondary N) is 1. The van der Waals surface area contributed by atoms with Gasteiger partial charge in [-0.2, -0.15) is 0 Å². The molecule has 0 fully saturated rings. The zero-order valence-electron chi connectivity index (χ0n) is 9.82. The van der Waals surface area contributed by atoms with Crippen molar-refractivity contribution in [2.24, 2.45) is 0 Å². The first-order valence-corrected chi connectivity index (χ1v) is 7.23. The highest BCUT2D eigenvalue weighted by Gasteiger charge is 2.03. The smallest absolute Gasteiger partial charge is 0.190 e. The number of anilines is 1. The molecule has 0 aliphatic rings. The first-order chi connectivity index (χ1) is 7.80. The van der Waals surface area contributed by atoms with Crippen LogP contribution < -0.4 is 5.32 Å². The van der Waals surface area contributed by atoms with Gasteiger partial charge in [-0.15, -0.1) is 11.8 Å². The number of nitrogens with zero attached hydrogens (tertiary/aromatic N) is 2. The maximum Gasteiger partial charge on any atom is 0.190 e. The van der Waals surface area contributed by atoms with Crippen LogP contribution in [0.1, 0.15) is 6.42 Å². The van der Waals surface area contributed by atoms with Crippen molar-refractivity contribution < 1.29 is 4.74 Å². The molecule has 0 aliphatic heterocycles. The summed E-state index contributed by atoms with van der Waals surface area (Å²) in [5, 5.41) is 4.86. The van der Waals surface area contributed by atoms with Crippen LogP contribution in [-0.4, -0.2) is 42.7 Å². The molecule has 0 aliphatic carbocycles. The number of hydrogen-bond donors (Lipinski definition) is 1. The molecule has 0 spiro atoms. The molecule has 0 saturated heterocycles. The molecule has 0 saturated carbocycles. The molecule has 0 unspecified atom stereocenters. The largest absolute Gasteiger partial charge is 0.385 e. The predicted octanol–water partition coefficient (Wildman–Crippen LogP) is 2.37. The SMILES string of the molecule is CNc1cc(SCCCOC)nc(SC)n1. The fraction of sp³-hybridized carbons (Fsp3) is 0.600. The highest BCUT2D eigenvalue weighted by atomic mass is 32.2. The minimum atomic E-state index is 0.798. The van der Waals surface area contributed by atoms with E-state index < -0.39 is 0 Å². The van der Waals surface area contributed by atoms with Gasteiger partial charge in [-0.05, 0) is 12.7 Å². The highest BCUT2D eigenvalue weighted by Crippen LogP contribution is 2.22. The number of methoxy groups -OCH3 is 1. The Morgan fingerprint density at radius 1 is 1.44 bits per heavy atom. The minimum absolute atomic E-state index is 0.798. The van der Waals surface area contributed by atoms with Gasteiger partial charge in [0, 0.05) is 32.6 Å². The third kappa shape index (κ3) is 4.59. The van der Waals surface area contributed by atoms with Gasteiger partial charge in [0.1, 0.15) is 10.8 Å².